The molecular weight excluding hydrogens is 798 g/mol. The predicted octanol–water partition coefficient (Wildman–Crippen LogP) is 6.09. The number of benzene rings is 4. The zero-order chi connectivity index (χ0) is 35.8. The fourth-order valence-corrected chi connectivity index (χ4v) is 8.26. The van der Waals surface area contributed by atoms with E-state index in [-0.39, 0.29) is 72.7 Å². The third-order valence-corrected chi connectivity index (χ3v) is 10.3. The smallest absolute Gasteiger partial charge is 1.00 e. The van der Waals surface area contributed by atoms with Gasteiger partial charge in [-0.1, -0.05) is 183 Å². The van der Waals surface area contributed by atoms with Crippen LogP contribution in [0.3, 0.4) is 0 Å². The molecule has 0 aliphatic heterocycles. The second kappa shape index (κ2) is 15.7. The molecule has 271 valence electrons. The van der Waals surface area contributed by atoms with Crippen molar-refractivity contribution in [3.63, 3.8) is 0 Å². The molecule has 0 saturated carbocycles. The molecule has 1 radical (unpaired) electrons. The van der Waals surface area contributed by atoms with E-state index in [9.17, 15) is 0 Å². The van der Waals surface area contributed by atoms with Gasteiger partial charge in [0.25, 0.3) is 0 Å². The molecule has 5 heteroatoms. The third-order valence-electron chi connectivity index (χ3n) is 9.87. The zero-order valence-electron chi connectivity index (χ0n) is 32.7. The first kappa shape index (κ1) is 44.5. The molecule has 0 amide bonds. The van der Waals surface area contributed by atoms with Crippen molar-refractivity contribution in [2.75, 3.05) is 0 Å². The van der Waals surface area contributed by atoms with Crippen LogP contribution in [-0.2, 0) is 47.9 Å². The van der Waals surface area contributed by atoms with Crippen LogP contribution in [0.15, 0.2) is 78.9 Å². The molecule has 0 aromatic heterocycles. The largest absolute Gasteiger partial charge is 3.00 e. The number of rotatable bonds is 3. The van der Waals surface area contributed by atoms with Gasteiger partial charge in [-0.15, -0.1) is 33.4 Å². The fourth-order valence-electron chi connectivity index (χ4n) is 7.88. The van der Waals surface area contributed by atoms with Crippen molar-refractivity contribution >= 4 is 40.4 Å². The average Bonchev–Trinajstić information content (AvgIpc) is 3.63. The SMILES string of the molecule is CC(C)(C)c1cc2c(cc1C(C)(C)C)=c1c(c(C3=CC=CC3)c(C(C)(C)C)c(C(C)(C)C)c1=C(c1cccc(Cl)c1)c1cccc(Cl)c1)[C-]=2.[Cl-].[Cl-].[Zr+3]. The Morgan fingerprint density at radius 3 is 1.56 bits per heavy atom. The van der Waals surface area contributed by atoms with Gasteiger partial charge in [0.2, 0.25) is 0 Å². The molecule has 0 heterocycles. The predicted molar refractivity (Wildman–Crippen MR) is 213 cm³/mol. The van der Waals surface area contributed by atoms with Gasteiger partial charge in [-0.3, -0.25) is 0 Å². The fraction of sp³-hybridized carbons (Fsp3) is 0.362. The summed E-state index contributed by atoms with van der Waals surface area (Å²) in [6.45, 7) is 28.2. The number of halogens is 4. The van der Waals surface area contributed by atoms with Crippen molar-refractivity contribution in [1.29, 1.82) is 0 Å². The summed E-state index contributed by atoms with van der Waals surface area (Å²) in [7, 11) is 0. The van der Waals surface area contributed by atoms with Crippen molar-refractivity contribution in [2.24, 2.45) is 0 Å². The first-order valence-electron chi connectivity index (χ1n) is 17.6. The van der Waals surface area contributed by atoms with Crippen molar-refractivity contribution in [3.05, 3.63) is 154 Å². The molecule has 4 aromatic carbocycles. The van der Waals surface area contributed by atoms with Crippen LogP contribution in [-0.4, -0.2) is 0 Å². The Morgan fingerprint density at radius 2 is 1.13 bits per heavy atom. The van der Waals surface area contributed by atoms with Gasteiger partial charge in [0.15, 0.2) is 0 Å². The van der Waals surface area contributed by atoms with Crippen molar-refractivity contribution < 1.29 is 51.0 Å². The minimum Gasteiger partial charge on any atom is -1.00 e. The van der Waals surface area contributed by atoms with Crippen LogP contribution < -0.4 is 35.3 Å². The molecule has 0 saturated heterocycles. The average molecular weight is 849 g/mol. The minimum absolute atomic E-state index is 0. The monoisotopic (exact) mass is 845 g/mol. The summed E-state index contributed by atoms with van der Waals surface area (Å²) in [5.41, 5.74) is 12.3. The van der Waals surface area contributed by atoms with E-state index < -0.39 is 0 Å². The van der Waals surface area contributed by atoms with Gasteiger partial charge in [0.1, 0.15) is 0 Å². The maximum atomic E-state index is 6.80. The van der Waals surface area contributed by atoms with Crippen LogP contribution in [0.1, 0.15) is 134 Å². The van der Waals surface area contributed by atoms with Crippen molar-refractivity contribution in [2.45, 2.75) is 111 Å². The quantitative estimate of drug-likeness (QED) is 0.193. The number of fused-ring (bicyclic) bond motifs is 2. The van der Waals surface area contributed by atoms with Crippen LogP contribution in [0, 0.1) is 10.4 Å². The summed E-state index contributed by atoms with van der Waals surface area (Å²) in [5, 5.41) is 6.36. The van der Waals surface area contributed by atoms with E-state index in [0.717, 1.165) is 23.1 Å². The summed E-state index contributed by atoms with van der Waals surface area (Å²) in [6, 6.07) is 21.6. The summed E-state index contributed by atoms with van der Waals surface area (Å²) in [5.74, 6) is 0. The van der Waals surface area contributed by atoms with Gasteiger partial charge in [-0.2, -0.15) is 0 Å². The topological polar surface area (TPSA) is 0 Å². The molecule has 2 aliphatic carbocycles. The van der Waals surface area contributed by atoms with E-state index in [1.165, 1.54) is 59.8 Å². The molecule has 0 N–H and O–H groups in total. The second-order valence-electron chi connectivity index (χ2n) is 18.0. The molecule has 0 nitrogen and oxygen atoms in total. The van der Waals surface area contributed by atoms with Gasteiger partial charge < -0.3 is 24.8 Å². The summed E-state index contributed by atoms with van der Waals surface area (Å²) < 4.78 is 0. The first-order chi connectivity index (χ1) is 22.7. The van der Waals surface area contributed by atoms with E-state index >= 15 is 0 Å². The van der Waals surface area contributed by atoms with Crippen LogP contribution in [0.2, 0.25) is 10.0 Å². The van der Waals surface area contributed by atoms with Crippen LogP contribution >= 0.6 is 23.2 Å². The zero-order valence-corrected chi connectivity index (χ0v) is 38.2. The van der Waals surface area contributed by atoms with Gasteiger partial charge in [0, 0.05) is 10.0 Å². The third kappa shape index (κ3) is 8.36. The molecule has 52 heavy (non-hydrogen) atoms. The van der Waals surface area contributed by atoms with Gasteiger partial charge in [0.05, 0.1) is 0 Å². The standard InChI is InChI=1S/C47H51Cl2.2ClH.Zr/c1-44(2,3)36-26-31-25-35-39(28-17-13-14-18-28)42(46(7,8)9)43(47(10,11)12)41(40(35)34(31)27-37(36)45(4,5)6)38(29-19-15-21-32(48)23-29)30-20-16-22-33(49)24-30;;;/h13-17,19-24,26-27H,18H2,1-12H3;2*1H;/q-1;;;+3/p-2. The molecule has 0 spiro atoms. The summed E-state index contributed by atoms with van der Waals surface area (Å²) in [6.07, 6.45) is 11.8. The Kier molecular flexibility index (Phi) is 13.5. The Morgan fingerprint density at radius 1 is 0.635 bits per heavy atom. The summed E-state index contributed by atoms with van der Waals surface area (Å²) in [4.78, 5) is 0. The molecule has 6 rings (SSSR count). The van der Waals surface area contributed by atoms with Crippen molar-refractivity contribution in [1.82, 2.24) is 0 Å². The van der Waals surface area contributed by atoms with E-state index in [0.29, 0.717) is 10.0 Å². The van der Waals surface area contributed by atoms with E-state index in [1.807, 2.05) is 12.1 Å². The molecule has 0 atom stereocenters. The Labute approximate surface area is 354 Å². The molecule has 0 unspecified atom stereocenters. The first-order valence-corrected chi connectivity index (χ1v) is 18.4. The van der Waals surface area contributed by atoms with Crippen LogP contribution in [0.5, 0.6) is 0 Å². The Bertz CT molecular complexity index is 2250. The van der Waals surface area contributed by atoms with Gasteiger partial charge in [-0.25, -0.2) is 0 Å². The maximum Gasteiger partial charge on any atom is 3.00 e. The van der Waals surface area contributed by atoms with E-state index in [2.05, 4.69) is 156 Å². The van der Waals surface area contributed by atoms with Gasteiger partial charge >= 0.3 is 26.2 Å². The molecule has 0 bridgehead atoms. The number of allylic oxidation sites excluding steroid dienone is 4. The summed E-state index contributed by atoms with van der Waals surface area (Å²) >= 11 is 13.6. The van der Waals surface area contributed by atoms with E-state index in [1.54, 1.807) is 0 Å². The minimum atomic E-state index is -0.211. The molecule has 2 aliphatic rings. The van der Waals surface area contributed by atoms with Crippen molar-refractivity contribution in [3.8, 4) is 0 Å². The number of hydrogen-bond acceptors (Lipinski definition) is 0. The normalized spacial score (nSPS) is 13.6. The number of hydrogen-bond donors (Lipinski definition) is 0. The maximum absolute atomic E-state index is 6.80. The second-order valence-corrected chi connectivity index (χ2v) is 18.9. The van der Waals surface area contributed by atoms with Crippen LogP contribution in [0.4, 0.5) is 0 Å². The molecule has 0 fully saturated rings. The molecular formula is C47H51Cl4Zr. The van der Waals surface area contributed by atoms with Gasteiger partial charge in [-0.05, 0) is 79.8 Å². The van der Waals surface area contributed by atoms with E-state index in [4.69, 9.17) is 23.2 Å². The Balaban J connectivity index is 0.00000243. The Hall–Kier alpha value is -1.86. The van der Waals surface area contributed by atoms with Crippen LogP contribution in [0.25, 0.3) is 17.2 Å². The molecule has 4 aromatic rings.